The fourth-order valence-corrected chi connectivity index (χ4v) is 6.58. The van der Waals surface area contributed by atoms with Gasteiger partial charge in [-0.1, -0.05) is 48.0 Å². The molecule has 9 nitrogen and oxygen atoms in total. The molecule has 4 rings (SSSR count). The summed E-state index contributed by atoms with van der Waals surface area (Å²) in [6.45, 7) is 1.43. The highest BCUT2D eigenvalue weighted by molar-refractivity contribution is 7.92. The van der Waals surface area contributed by atoms with Crippen LogP contribution in [0.25, 0.3) is 10.8 Å². The second-order valence-corrected chi connectivity index (χ2v) is 12.6. The molecule has 0 unspecified atom stereocenters. The van der Waals surface area contributed by atoms with E-state index in [1.807, 2.05) is 30.3 Å². The lowest BCUT2D eigenvalue weighted by Crippen LogP contribution is -2.45. The normalized spacial score (nSPS) is 12.5. The molecular formula is C27H26ClN3O6S2. The molecule has 4 aromatic carbocycles. The van der Waals surface area contributed by atoms with Crippen LogP contribution in [0.5, 0.6) is 5.75 Å². The number of hydrogen-bond acceptors (Lipinski definition) is 6. The van der Waals surface area contributed by atoms with Gasteiger partial charge in [-0.2, -0.15) is 0 Å². The van der Waals surface area contributed by atoms with Crippen LogP contribution in [0.15, 0.2) is 89.8 Å². The van der Waals surface area contributed by atoms with Crippen LogP contribution < -0.4 is 19.1 Å². The Bertz CT molecular complexity index is 1740. The van der Waals surface area contributed by atoms with E-state index in [9.17, 15) is 21.6 Å². The van der Waals surface area contributed by atoms with Crippen molar-refractivity contribution in [1.82, 2.24) is 0 Å². The van der Waals surface area contributed by atoms with Crippen LogP contribution in [0.1, 0.15) is 6.92 Å². The standard InChI is InChI=1S/C27H26ClN3O6S2/c1-18(31(38(3,33)34)21-13-16-26(37-2)24(28)17-21)27(32)29-20-11-14-22(15-12-20)39(35,36)30-25-10-6-8-19-7-4-5-9-23(19)25/h4-18,30H,1-3H3,(H,29,32)/t18-/m1/s1. The van der Waals surface area contributed by atoms with Crippen molar-refractivity contribution in [3.05, 3.63) is 90.0 Å². The van der Waals surface area contributed by atoms with Crippen molar-refractivity contribution in [2.75, 3.05) is 27.7 Å². The Morgan fingerprint density at radius 3 is 2.23 bits per heavy atom. The first kappa shape index (κ1) is 28.2. The second kappa shape index (κ2) is 11.1. The van der Waals surface area contributed by atoms with E-state index in [1.54, 1.807) is 12.1 Å². The quantitative estimate of drug-likeness (QED) is 0.281. The van der Waals surface area contributed by atoms with Gasteiger partial charge in [0.1, 0.15) is 11.8 Å². The molecule has 12 heteroatoms. The van der Waals surface area contributed by atoms with Crippen molar-refractivity contribution in [3.8, 4) is 5.75 Å². The zero-order chi connectivity index (χ0) is 28.4. The molecule has 0 aliphatic heterocycles. The summed E-state index contributed by atoms with van der Waals surface area (Å²) in [5.41, 5.74) is 0.919. The molecule has 0 aromatic heterocycles. The topological polar surface area (TPSA) is 122 Å². The van der Waals surface area contributed by atoms with Crippen molar-refractivity contribution in [2.24, 2.45) is 0 Å². The molecule has 0 radical (unpaired) electrons. The SMILES string of the molecule is COc1ccc(N([C@H](C)C(=O)Nc2ccc(S(=O)(=O)Nc3cccc4ccccc34)cc2)S(C)(=O)=O)cc1Cl. The molecule has 0 bridgehead atoms. The number of benzene rings is 4. The lowest BCUT2D eigenvalue weighted by Gasteiger charge is -2.28. The number of carbonyl (C=O) groups is 1. The third-order valence-electron chi connectivity index (χ3n) is 5.94. The summed E-state index contributed by atoms with van der Waals surface area (Å²) in [6, 6.07) is 21.5. The van der Waals surface area contributed by atoms with Crippen molar-refractivity contribution in [3.63, 3.8) is 0 Å². The number of sulfonamides is 2. The third-order valence-corrected chi connectivity index (χ3v) is 8.86. The summed E-state index contributed by atoms with van der Waals surface area (Å²) in [6.07, 6.45) is 0.984. The van der Waals surface area contributed by atoms with Gasteiger partial charge in [0, 0.05) is 11.1 Å². The molecule has 0 fully saturated rings. The summed E-state index contributed by atoms with van der Waals surface area (Å²) in [5.74, 6) is -0.271. The van der Waals surface area contributed by atoms with E-state index in [2.05, 4.69) is 10.0 Å². The minimum Gasteiger partial charge on any atom is -0.495 e. The number of ether oxygens (including phenoxy) is 1. The molecule has 0 saturated heterocycles. The van der Waals surface area contributed by atoms with Gasteiger partial charge in [0.15, 0.2) is 0 Å². The number of anilines is 3. The van der Waals surface area contributed by atoms with Crippen molar-refractivity contribution in [1.29, 1.82) is 0 Å². The molecule has 1 atom stereocenters. The largest absolute Gasteiger partial charge is 0.495 e. The smallest absolute Gasteiger partial charge is 0.261 e. The highest BCUT2D eigenvalue weighted by atomic mass is 35.5. The van der Waals surface area contributed by atoms with Gasteiger partial charge in [-0.25, -0.2) is 16.8 Å². The van der Waals surface area contributed by atoms with Gasteiger partial charge >= 0.3 is 0 Å². The predicted octanol–water partition coefficient (Wildman–Crippen LogP) is 5.10. The van der Waals surface area contributed by atoms with Crippen LogP contribution in [0, 0.1) is 0 Å². The first-order valence-electron chi connectivity index (χ1n) is 11.6. The summed E-state index contributed by atoms with van der Waals surface area (Å²) in [7, 11) is -6.36. The monoisotopic (exact) mass is 587 g/mol. The molecule has 39 heavy (non-hydrogen) atoms. The van der Waals surface area contributed by atoms with Crippen LogP contribution in [0.4, 0.5) is 17.1 Å². The van der Waals surface area contributed by atoms with Gasteiger partial charge in [-0.15, -0.1) is 0 Å². The number of halogens is 1. The van der Waals surface area contributed by atoms with Crippen molar-refractivity contribution in [2.45, 2.75) is 17.9 Å². The summed E-state index contributed by atoms with van der Waals surface area (Å²) < 4.78 is 59.9. The maximum Gasteiger partial charge on any atom is 0.261 e. The second-order valence-electron chi connectivity index (χ2n) is 8.70. The minimum atomic E-state index is -3.92. The average molecular weight is 588 g/mol. The van der Waals surface area contributed by atoms with Gasteiger partial charge in [0.05, 0.1) is 34.7 Å². The Labute approximate surface area is 232 Å². The van der Waals surface area contributed by atoms with E-state index in [4.69, 9.17) is 16.3 Å². The maximum absolute atomic E-state index is 13.0. The van der Waals surface area contributed by atoms with Gasteiger partial charge < -0.3 is 10.1 Å². The van der Waals surface area contributed by atoms with Crippen molar-refractivity contribution < 1.29 is 26.4 Å². The van der Waals surface area contributed by atoms with E-state index in [0.29, 0.717) is 11.4 Å². The number of rotatable bonds is 9. The van der Waals surface area contributed by atoms with Crippen LogP contribution in [-0.2, 0) is 24.8 Å². The van der Waals surface area contributed by atoms with E-state index in [0.717, 1.165) is 21.3 Å². The van der Waals surface area contributed by atoms with Gasteiger partial charge in [0.2, 0.25) is 15.9 Å². The Kier molecular flexibility index (Phi) is 8.05. The lowest BCUT2D eigenvalue weighted by molar-refractivity contribution is -0.116. The molecule has 0 spiro atoms. The van der Waals surface area contributed by atoms with Crippen LogP contribution in [-0.4, -0.2) is 42.2 Å². The Morgan fingerprint density at radius 1 is 0.923 bits per heavy atom. The summed E-state index contributed by atoms with van der Waals surface area (Å²) in [4.78, 5) is 13.0. The summed E-state index contributed by atoms with van der Waals surface area (Å²) in [5, 5.41) is 4.47. The highest BCUT2D eigenvalue weighted by Crippen LogP contribution is 2.31. The van der Waals surface area contributed by atoms with E-state index in [-0.39, 0.29) is 21.3 Å². The first-order chi connectivity index (χ1) is 18.4. The van der Waals surface area contributed by atoms with Crippen LogP contribution in [0.3, 0.4) is 0 Å². The van der Waals surface area contributed by atoms with Gasteiger partial charge in [-0.05, 0) is 60.8 Å². The summed E-state index contributed by atoms with van der Waals surface area (Å²) >= 11 is 6.17. The molecule has 0 heterocycles. The molecule has 0 saturated carbocycles. The predicted molar refractivity (Wildman–Crippen MR) is 155 cm³/mol. The van der Waals surface area contributed by atoms with Crippen LogP contribution in [0.2, 0.25) is 5.02 Å². The average Bonchev–Trinajstić information content (AvgIpc) is 2.88. The zero-order valence-corrected chi connectivity index (χ0v) is 23.6. The Balaban J connectivity index is 1.52. The zero-order valence-electron chi connectivity index (χ0n) is 21.3. The van der Waals surface area contributed by atoms with Gasteiger partial charge in [0.25, 0.3) is 10.0 Å². The number of methoxy groups -OCH3 is 1. The highest BCUT2D eigenvalue weighted by Gasteiger charge is 2.30. The first-order valence-corrected chi connectivity index (χ1v) is 15.4. The fraction of sp³-hybridized carbons (Fsp3) is 0.148. The van der Waals surface area contributed by atoms with E-state index in [1.165, 1.54) is 56.5 Å². The third kappa shape index (κ3) is 6.27. The lowest BCUT2D eigenvalue weighted by atomic mass is 10.1. The number of nitrogens with zero attached hydrogens (tertiary/aromatic N) is 1. The molecule has 204 valence electrons. The van der Waals surface area contributed by atoms with E-state index >= 15 is 0 Å². The minimum absolute atomic E-state index is 0.00730. The number of nitrogens with one attached hydrogen (secondary N) is 2. The molecule has 2 N–H and O–H groups in total. The molecule has 4 aromatic rings. The molecule has 1 amide bonds. The Morgan fingerprint density at radius 2 is 1.59 bits per heavy atom. The number of amides is 1. The van der Waals surface area contributed by atoms with Crippen molar-refractivity contribution >= 4 is 65.4 Å². The molecule has 0 aliphatic rings. The molecule has 0 aliphatic carbocycles. The number of fused-ring (bicyclic) bond motifs is 1. The fourth-order valence-electron chi connectivity index (χ4n) is 4.08. The van der Waals surface area contributed by atoms with E-state index < -0.39 is 32.0 Å². The number of carbonyl (C=O) groups excluding carboxylic acids is 1. The Hall–Kier alpha value is -3.80. The maximum atomic E-state index is 13.0. The van der Waals surface area contributed by atoms with Gasteiger partial charge in [-0.3, -0.25) is 13.8 Å². The molecular weight excluding hydrogens is 562 g/mol. The van der Waals surface area contributed by atoms with Crippen LogP contribution >= 0.6 is 11.6 Å². The number of hydrogen-bond donors (Lipinski definition) is 2.